The molecule has 0 heterocycles. The molecular weight excluding hydrogens is 273 g/mol. The van der Waals surface area contributed by atoms with E-state index in [4.69, 9.17) is 0 Å². The summed E-state index contributed by atoms with van der Waals surface area (Å²) in [6.07, 6.45) is -12.3. The van der Waals surface area contributed by atoms with Gasteiger partial charge in [-0.25, -0.2) is 4.79 Å². The van der Waals surface area contributed by atoms with Gasteiger partial charge in [0.2, 0.25) is 0 Å². The molecule has 0 N–H and O–H groups in total. The quantitative estimate of drug-likeness (QED) is 0.446. The number of carbonyl (C=O) groups excluding carboxylic acids is 1. The van der Waals surface area contributed by atoms with Crippen LogP contribution >= 0.6 is 0 Å². The summed E-state index contributed by atoms with van der Waals surface area (Å²) in [6, 6.07) is 0. The van der Waals surface area contributed by atoms with Crippen LogP contribution in [0.1, 0.15) is 20.3 Å². The van der Waals surface area contributed by atoms with Crippen LogP contribution in [0, 0.1) is 0 Å². The van der Waals surface area contributed by atoms with Crippen molar-refractivity contribution in [1.29, 1.82) is 0 Å². The first kappa shape index (κ1) is 16.7. The van der Waals surface area contributed by atoms with Gasteiger partial charge in [-0.3, -0.25) is 0 Å². The van der Waals surface area contributed by atoms with Gasteiger partial charge in [0.05, 0.1) is 12.5 Å². The summed E-state index contributed by atoms with van der Waals surface area (Å²) in [4.78, 5) is 10.9. The third kappa shape index (κ3) is 4.53. The molecule has 2 nitrogen and oxygen atoms in total. The topological polar surface area (TPSA) is 26.3 Å². The average Bonchev–Trinajstić information content (AvgIpc) is 2.10. The van der Waals surface area contributed by atoms with Crippen LogP contribution in [0.2, 0.25) is 0 Å². The Morgan fingerprint density at radius 2 is 1.56 bits per heavy atom. The molecule has 0 radical (unpaired) electrons. The molecule has 0 unspecified atom stereocenters. The molecule has 0 aromatic rings. The molecule has 0 aromatic carbocycles. The van der Waals surface area contributed by atoms with Gasteiger partial charge in [0, 0.05) is 0 Å². The fourth-order valence-corrected chi connectivity index (χ4v) is 0.824. The summed E-state index contributed by atoms with van der Waals surface area (Å²) in [5, 5.41) is 0. The fourth-order valence-electron chi connectivity index (χ4n) is 0.824. The summed E-state index contributed by atoms with van der Waals surface area (Å²) >= 11 is 0. The Morgan fingerprint density at radius 3 is 1.83 bits per heavy atom. The molecule has 0 atom stereocenters. The van der Waals surface area contributed by atoms with Crippen LogP contribution in [-0.2, 0) is 9.53 Å². The molecule has 0 aliphatic carbocycles. The van der Waals surface area contributed by atoms with E-state index in [0.717, 1.165) is 0 Å². The third-order valence-corrected chi connectivity index (χ3v) is 1.63. The minimum absolute atomic E-state index is 0.925. The molecule has 0 aliphatic rings. The molecule has 0 saturated heterocycles. The highest BCUT2D eigenvalue weighted by Gasteiger charge is 2.58. The van der Waals surface area contributed by atoms with E-state index in [1.165, 1.54) is 13.8 Å². The highest BCUT2D eigenvalue weighted by Crippen LogP contribution is 2.41. The highest BCUT2D eigenvalue weighted by atomic mass is 19.4. The molecule has 0 aromatic heterocycles. The second-order valence-corrected chi connectivity index (χ2v) is 3.57. The summed E-state index contributed by atoms with van der Waals surface area (Å²) < 4.78 is 89.1. The van der Waals surface area contributed by atoms with Gasteiger partial charge in [0.15, 0.2) is 0 Å². The van der Waals surface area contributed by atoms with E-state index < -0.39 is 42.2 Å². The molecule has 0 aliphatic heterocycles. The van der Waals surface area contributed by atoms with Crippen LogP contribution in [0.5, 0.6) is 0 Å². The second-order valence-electron chi connectivity index (χ2n) is 3.57. The zero-order valence-corrected chi connectivity index (χ0v) is 9.25. The van der Waals surface area contributed by atoms with Gasteiger partial charge in [-0.05, 0) is 13.8 Å². The van der Waals surface area contributed by atoms with E-state index in [0.29, 0.717) is 0 Å². The molecule has 0 amide bonds. The number of halogens is 7. The van der Waals surface area contributed by atoms with Crippen molar-refractivity contribution in [2.45, 2.75) is 38.5 Å². The third-order valence-electron chi connectivity index (χ3n) is 1.63. The zero-order chi connectivity index (χ0) is 14.7. The zero-order valence-electron chi connectivity index (χ0n) is 9.25. The van der Waals surface area contributed by atoms with Crippen LogP contribution in [0.15, 0.2) is 11.7 Å². The lowest BCUT2D eigenvalue weighted by Gasteiger charge is -2.20. The summed E-state index contributed by atoms with van der Waals surface area (Å²) in [5.74, 6) is -7.32. The standard InChI is InChI=1S/C9H9F7O2/c1-4(2)18-7(17)5(6(10)11)3-8(12,13)9(14,15)16/h4H,3H2,1-2H3. The largest absolute Gasteiger partial charge is 0.459 e. The van der Waals surface area contributed by atoms with Crippen molar-refractivity contribution < 1.29 is 40.3 Å². The highest BCUT2D eigenvalue weighted by molar-refractivity contribution is 5.88. The Labute approximate surface area is 97.4 Å². The van der Waals surface area contributed by atoms with Crippen LogP contribution in [0.3, 0.4) is 0 Å². The van der Waals surface area contributed by atoms with E-state index in [2.05, 4.69) is 4.74 Å². The molecular formula is C9H9F7O2. The minimum Gasteiger partial charge on any atom is -0.459 e. The van der Waals surface area contributed by atoms with Crippen LogP contribution in [0.4, 0.5) is 30.7 Å². The smallest absolute Gasteiger partial charge is 0.453 e. The monoisotopic (exact) mass is 282 g/mol. The summed E-state index contributed by atoms with van der Waals surface area (Å²) in [5.41, 5.74) is -1.98. The number of esters is 1. The maximum atomic E-state index is 12.5. The normalized spacial score (nSPS) is 12.6. The SMILES string of the molecule is CC(C)OC(=O)C(CC(F)(F)C(F)(F)F)=C(F)F. The van der Waals surface area contributed by atoms with Crippen LogP contribution < -0.4 is 0 Å². The Hall–Kier alpha value is -1.28. The van der Waals surface area contributed by atoms with E-state index in [1.807, 2.05) is 0 Å². The van der Waals surface area contributed by atoms with Crippen LogP contribution in [0.25, 0.3) is 0 Å². The molecule has 0 fully saturated rings. The van der Waals surface area contributed by atoms with E-state index in [-0.39, 0.29) is 0 Å². The number of rotatable bonds is 4. The summed E-state index contributed by atoms with van der Waals surface area (Å²) in [6.45, 7) is 2.46. The van der Waals surface area contributed by atoms with Gasteiger partial charge in [-0.15, -0.1) is 0 Å². The number of ether oxygens (including phenoxy) is 1. The van der Waals surface area contributed by atoms with Crippen molar-refractivity contribution in [1.82, 2.24) is 0 Å². The van der Waals surface area contributed by atoms with Gasteiger partial charge in [-0.1, -0.05) is 0 Å². The van der Waals surface area contributed by atoms with E-state index >= 15 is 0 Å². The van der Waals surface area contributed by atoms with Gasteiger partial charge in [0.25, 0.3) is 6.08 Å². The first-order valence-corrected chi connectivity index (χ1v) is 4.58. The molecule has 106 valence electrons. The number of carbonyl (C=O) groups is 1. The van der Waals surface area contributed by atoms with Crippen molar-refractivity contribution in [2.75, 3.05) is 0 Å². The molecule has 18 heavy (non-hydrogen) atoms. The van der Waals surface area contributed by atoms with E-state index in [9.17, 15) is 35.5 Å². The van der Waals surface area contributed by atoms with Gasteiger partial charge < -0.3 is 4.74 Å². The fraction of sp³-hybridized carbons (Fsp3) is 0.667. The van der Waals surface area contributed by atoms with E-state index in [1.54, 1.807) is 0 Å². The van der Waals surface area contributed by atoms with Crippen molar-refractivity contribution in [3.63, 3.8) is 0 Å². The average molecular weight is 282 g/mol. The molecule has 0 saturated carbocycles. The Kier molecular flexibility index (Phi) is 5.18. The second kappa shape index (κ2) is 5.57. The number of hydrogen-bond acceptors (Lipinski definition) is 2. The van der Waals surface area contributed by atoms with Gasteiger partial charge >= 0.3 is 18.1 Å². The van der Waals surface area contributed by atoms with Crippen molar-refractivity contribution in [3.8, 4) is 0 Å². The number of alkyl halides is 5. The lowest BCUT2D eigenvalue weighted by atomic mass is 10.1. The lowest BCUT2D eigenvalue weighted by molar-refractivity contribution is -0.281. The van der Waals surface area contributed by atoms with Crippen LogP contribution in [-0.4, -0.2) is 24.2 Å². The first-order chi connectivity index (χ1) is 7.88. The minimum atomic E-state index is -6.02. The Balaban J connectivity index is 5.11. The lowest BCUT2D eigenvalue weighted by Crippen LogP contribution is -2.38. The first-order valence-electron chi connectivity index (χ1n) is 4.58. The Morgan fingerprint density at radius 1 is 1.11 bits per heavy atom. The van der Waals surface area contributed by atoms with Crippen molar-refractivity contribution in [2.24, 2.45) is 0 Å². The maximum absolute atomic E-state index is 12.5. The van der Waals surface area contributed by atoms with Crippen molar-refractivity contribution >= 4 is 5.97 Å². The predicted molar refractivity (Wildman–Crippen MR) is 46.1 cm³/mol. The maximum Gasteiger partial charge on any atom is 0.453 e. The molecule has 0 rings (SSSR count). The molecule has 0 bridgehead atoms. The van der Waals surface area contributed by atoms with Gasteiger partial charge in [-0.2, -0.15) is 30.7 Å². The predicted octanol–water partition coefficient (Wildman–Crippen LogP) is 3.68. The summed E-state index contributed by atoms with van der Waals surface area (Å²) in [7, 11) is 0. The molecule has 0 spiro atoms. The van der Waals surface area contributed by atoms with Crippen molar-refractivity contribution in [3.05, 3.63) is 11.7 Å². The Bertz CT molecular complexity index is 339. The van der Waals surface area contributed by atoms with Gasteiger partial charge in [0.1, 0.15) is 5.57 Å². The molecule has 9 heteroatoms. The number of hydrogen-bond donors (Lipinski definition) is 0.